The molecule has 13 heavy (non-hydrogen) atoms. The van der Waals surface area contributed by atoms with Gasteiger partial charge in [0, 0.05) is 6.54 Å². The van der Waals surface area contributed by atoms with Crippen LogP contribution in [0.2, 0.25) is 0 Å². The van der Waals surface area contributed by atoms with Gasteiger partial charge in [0.05, 0.1) is 5.54 Å². The summed E-state index contributed by atoms with van der Waals surface area (Å²) < 4.78 is 0. The Balaban J connectivity index is 2.37. The summed E-state index contributed by atoms with van der Waals surface area (Å²) >= 11 is 0. The van der Waals surface area contributed by atoms with Crippen molar-refractivity contribution in [2.75, 3.05) is 6.54 Å². The van der Waals surface area contributed by atoms with E-state index in [1.807, 2.05) is 19.1 Å². The van der Waals surface area contributed by atoms with E-state index in [-0.39, 0.29) is 5.91 Å². The first-order valence-corrected chi connectivity index (χ1v) is 4.87. The van der Waals surface area contributed by atoms with Gasteiger partial charge in [-0.1, -0.05) is 25.0 Å². The molecule has 0 saturated heterocycles. The zero-order valence-corrected chi connectivity index (χ0v) is 8.18. The standard InChI is InChI=1S/C10H18N2O/c1-2-3-8-12-9(13)10(11)6-4-5-7-10/h2-3H,4-8,11H2,1H3,(H,12,13)/b3-2+. The largest absolute Gasteiger partial charge is 0.351 e. The highest BCUT2D eigenvalue weighted by molar-refractivity contribution is 5.86. The van der Waals surface area contributed by atoms with Crippen molar-refractivity contribution >= 4 is 5.91 Å². The van der Waals surface area contributed by atoms with Gasteiger partial charge < -0.3 is 11.1 Å². The highest BCUT2D eigenvalue weighted by atomic mass is 16.2. The zero-order valence-electron chi connectivity index (χ0n) is 8.18. The summed E-state index contributed by atoms with van der Waals surface area (Å²) in [4.78, 5) is 11.6. The number of nitrogens with one attached hydrogen (secondary N) is 1. The van der Waals surface area contributed by atoms with Gasteiger partial charge in [-0.3, -0.25) is 4.79 Å². The molecule has 0 aliphatic heterocycles. The van der Waals surface area contributed by atoms with Gasteiger partial charge in [-0.25, -0.2) is 0 Å². The van der Waals surface area contributed by atoms with Gasteiger partial charge in [0.25, 0.3) is 0 Å². The summed E-state index contributed by atoms with van der Waals surface area (Å²) in [7, 11) is 0. The van der Waals surface area contributed by atoms with E-state index in [9.17, 15) is 4.79 Å². The van der Waals surface area contributed by atoms with Crippen LogP contribution in [0.15, 0.2) is 12.2 Å². The van der Waals surface area contributed by atoms with Gasteiger partial charge in [-0.15, -0.1) is 0 Å². The Morgan fingerprint density at radius 1 is 1.54 bits per heavy atom. The second-order valence-corrected chi connectivity index (χ2v) is 3.64. The average molecular weight is 182 g/mol. The third-order valence-electron chi connectivity index (χ3n) is 2.56. The average Bonchev–Trinajstić information content (AvgIpc) is 2.54. The number of carbonyl (C=O) groups is 1. The monoisotopic (exact) mass is 182 g/mol. The molecule has 1 aliphatic rings. The van der Waals surface area contributed by atoms with Crippen LogP contribution in [-0.4, -0.2) is 18.0 Å². The highest BCUT2D eigenvalue weighted by Gasteiger charge is 2.36. The van der Waals surface area contributed by atoms with Gasteiger partial charge in [0.1, 0.15) is 0 Å². The minimum Gasteiger partial charge on any atom is -0.351 e. The van der Waals surface area contributed by atoms with Crippen molar-refractivity contribution in [2.24, 2.45) is 5.73 Å². The van der Waals surface area contributed by atoms with E-state index in [4.69, 9.17) is 5.73 Å². The molecule has 0 aromatic rings. The van der Waals surface area contributed by atoms with E-state index in [1.165, 1.54) is 0 Å². The zero-order chi connectivity index (χ0) is 9.73. The minimum absolute atomic E-state index is 0.00287. The molecule has 1 rings (SSSR count). The van der Waals surface area contributed by atoms with E-state index >= 15 is 0 Å². The van der Waals surface area contributed by atoms with Gasteiger partial charge in [-0.05, 0) is 19.8 Å². The summed E-state index contributed by atoms with van der Waals surface area (Å²) in [5, 5.41) is 2.82. The molecule has 0 bridgehead atoms. The fourth-order valence-corrected chi connectivity index (χ4v) is 1.68. The highest BCUT2D eigenvalue weighted by Crippen LogP contribution is 2.26. The van der Waals surface area contributed by atoms with Gasteiger partial charge in [0.2, 0.25) is 5.91 Å². The third kappa shape index (κ3) is 2.56. The number of carbonyl (C=O) groups excluding carboxylic acids is 1. The predicted octanol–water partition coefficient (Wildman–Crippen LogP) is 0.950. The molecular weight excluding hydrogens is 164 g/mol. The van der Waals surface area contributed by atoms with E-state index in [1.54, 1.807) is 0 Å². The maximum atomic E-state index is 11.6. The van der Waals surface area contributed by atoms with Crippen LogP contribution in [0.25, 0.3) is 0 Å². The van der Waals surface area contributed by atoms with Crippen LogP contribution in [0.4, 0.5) is 0 Å². The maximum Gasteiger partial charge on any atom is 0.240 e. The van der Waals surface area contributed by atoms with E-state index < -0.39 is 5.54 Å². The fraction of sp³-hybridized carbons (Fsp3) is 0.700. The molecule has 1 fully saturated rings. The fourth-order valence-electron chi connectivity index (χ4n) is 1.68. The van der Waals surface area contributed by atoms with Crippen LogP contribution in [-0.2, 0) is 4.79 Å². The van der Waals surface area contributed by atoms with E-state index in [0.717, 1.165) is 25.7 Å². The van der Waals surface area contributed by atoms with Crippen molar-refractivity contribution < 1.29 is 4.79 Å². The van der Waals surface area contributed by atoms with Crippen molar-refractivity contribution in [2.45, 2.75) is 38.1 Å². The summed E-state index contributed by atoms with van der Waals surface area (Å²) in [6.07, 6.45) is 7.64. The second kappa shape index (κ2) is 4.42. The predicted molar refractivity (Wildman–Crippen MR) is 53.2 cm³/mol. The van der Waals surface area contributed by atoms with Crippen molar-refractivity contribution in [3.05, 3.63) is 12.2 Å². The number of amides is 1. The van der Waals surface area contributed by atoms with E-state index in [2.05, 4.69) is 5.32 Å². The van der Waals surface area contributed by atoms with Crippen molar-refractivity contribution in [3.63, 3.8) is 0 Å². The number of nitrogens with two attached hydrogens (primary N) is 1. The summed E-state index contributed by atoms with van der Waals surface area (Å²) in [5.41, 5.74) is 5.37. The Bertz CT molecular complexity index is 205. The molecule has 1 saturated carbocycles. The van der Waals surface area contributed by atoms with Crippen molar-refractivity contribution in [1.82, 2.24) is 5.32 Å². The Morgan fingerprint density at radius 3 is 2.69 bits per heavy atom. The topological polar surface area (TPSA) is 55.1 Å². The second-order valence-electron chi connectivity index (χ2n) is 3.64. The molecule has 0 unspecified atom stereocenters. The lowest BCUT2D eigenvalue weighted by Gasteiger charge is -2.21. The van der Waals surface area contributed by atoms with E-state index in [0.29, 0.717) is 6.54 Å². The van der Waals surface area contributed by atoms with Crippen LogP contribution < -0.4 is 11.1 Å². The molecule has 0 heterocycles. The SMILES string of the molecule is C/C=C/CNC(=O)C1(N)CCCC1. The molecule has 0 atom stereocenters. The lowest BCUT2D eigenvalue weighted by molar-refractivity contribution is -0.125. The van der Waals surface area contributed by atoms with Crippen LogP contribution in [0.3, 0.4) is 0 Å². The molecule has 0 aromatic heterocycles. The number of rotatable bonds is 3. The van der Waals surface area contributed by atoms with Crippen LogP contribution in [0.1, 0.15) is 32.6 Å². The number of hydrogen-bond donors (Lipinski definition) is 2. The summed E-state index contributed by atoms with van der Waals surface area (Å²) in [5.74, 6) is 0.00287. The van der Waals surface area contributed by atoms with Crippen LogP contribution >= 0.6 is 0 Å². The molecule has 0 spiro atoms. The molecule has 3 heteroatoms. The molecule has 3 nitrogen and oxygen atoms in total. The first-order chi connectivity index (χ1) is 6.19. The first kappa shape index (κ1) is 10.3. The van der Waals surface area contributed by atoms with Crippen molar-refractivity contribution in [1.29, 1.82) is 0 Å². The Kier molecular flexibility index (Phi) is 3.48. The molecular formula is C10H18N2O. The summed E-state index contributed by atoms with van der Waals surface area (Å²) in [6, 6.07) is 0. The Morgan fingerprint density at radius 2 is 2.15 bits per heavy atom. The van der Waals surface area contributed by atoms with Gasteiger partial charge in [-0.2, -0.15) is 0 Å². The van der Waals surface area contributed by atoms with Gasteiger partial charge >= 0.3 is 0 Å². The minimum atomic E-state index is -0.582. The number of hydrogen-bond acceptors (Lipinski definition) is 2. The lowest BCUT2D eigenvalue weighted by atomic mass is 9.98. The lowest BCUT2D eigenvalue weighted by Crippen LogP contribution is -2.51. The molecule has 74 valence electrons. The summed E-state index contributed by atoms with van der Waals surface area (Å²) in [6.45, 7) is 2.52. The molecule has 0 radical (unpaired) electrons. The van der Waals surface area contributed by atoms with Crippen LogP contribution in [0.5, 0.6) is 0 Å². The third-order valence-corrected chi connectivity index (χ3v) is 2.56. The quantitative estimate of drug-likeness (QED) is 0.638. The Labute approximate surface area is 79.4 Å². The van der Waals surface area contributed by atoms with Crippen molar-refractivity contribution in [3.8, 4) is 0 Å². The molecule has 3 N–H and O–H groups in total. The normalized spacial score (nSPS) is 20.8. The molecule has 1 amide bonds. The molecule has 0 aromatic carbocycles. The first-order valence-electron chi connectivity index (χ1n) is 4.87. The Hall–Kier alpha value is -0.830. The van der Waals surface area contributed by atoms with Gasteiger partial charge in [0.15, 0.2) is 0 Å². The van der Waals surface area contributed by atoms with Crippen LogP contribution in [0, 0.1) is 0 Å². The smallest absolute Gasteiger partial charge is 0.240 e. The maximum absolute atomic E-state index is 11.6. The number of allylic oxidation sites excluding steroid dienone is 1. The molecule has 1 aliphatic carbocycles.